The van der Waals surface area contributed by atoms with Crippen LogP contribution in [0.25, 0.3) is 0 Å². The standard InChI is InChI=1S/C16H19ClN2O/c1-10(2)19-15(14(17)9-18-19)16(20)13-7-5-12(6-8-13)11-3-4-11/h5-11,16,20H,3-4H2,1-2H3. The lowest BCUT2D eigenvalue weighted by Crippen LogP contribution is -2.12. The molecule has 1 aromatic heterocycles. The van der Waals surface area contributed by atoms with E-state index in [1.807, 2.05) is 26.0 Å². The summed E-state index contributed by atoms with van der Waals surface area (Å²) < 4.78 is 1.78. The molecule has 0 saturated heterocycles. The molecule has 0 aliphatic heterocycles. The van der Waals surface area contributed by atoms with Crippen LogP contribution in [0, 0.1) is 0 Å². The Labute approximate surface area is 124 Å². The first-order chi connectivity index (χ1) is 9.58. The summed E-state index contributed by atoms with van der Waals surface area (Å²) >= 11 is 6.18. The van der Waals surface area contributed by atoms with Gasteiger partial charge in [0.05, 0.1) is 16.9 Å². The molecular weight excluding hydrogens is 272 g/mol. The lowest BCUT2D eigenvalue weighted by Gasteiger charge is -2.17. The van der Waals surface area contributed by atoms with E-state index in [-0.39, 0.29) is 6.04 Å². The number of aromatic nitrogens is 2. The van der Waals surface area contributed by atoms with E-state index in [0.717, 1.165) is 11.5 Å². The van der Waals surface area contributed by atoms with E-state index >= 15 is 0 Å². The number of aliphatic hydroxyl groups excluding tert-OH is 1. The maximum absolute atomic E-state index is 10.6. The number of benzene rings is 1. The van der Waals surface area contributed by atoms with Crippen LogP contribution in [-0.2, 0) is 0 Å². The van der Waals surface area contributed by atoms with Crippen LogP contribution < -0.4 is 0 Å². The second-order valence-electron chi connectivity index (χ2n) is 5.76. The fourth-order valence-electron chi connectivity index (χ4n) is 2.54. The van der Waals surface area contributed by atoms with Gasteiger partial charge in [-0.25, -0.2) is 0 Å². The highest BCUT2D eigenvalue weighted by atomic mass is 35.5. The minimum atomic E-state index is -0.736. The van der Waals surface area contributed by atoms with Gasteiger partial charge in [0, 0.05) is 6.04 Å². The molecule has 1 N–H and O–H groups in total. The molecule has 106 valence electrons. The topological polar surface area (TPSA) is 38.0 Å². The highest BCUT2D eigenvalue weighted by Gasteiger charge is 2.25. The van der Waals surface area contributed by atoms with Crippen LogP contribution in [0.4, 0.5) is 0 Å². The number of halogens is 1. The Bertz CT molecular complexity index is 599. The molecule has 4 heteroatoms. The third kappa shape index (κ3) is 2.48. The third-order valence-corrected chi connectivity index (χ3v) is 4.13. The fourth-order valence-corrected chi connectivity index (χ4v) is 2.78. The Morgan fingerprint density at radius 1 is 1.25 bits per heavy atom. The average molecular weight is 291 g/mol. The van der Waals surface area contributed by atoms with Crippen LogP contribution in [0.1, 0.15) is 61.6 Å². The van der Waals surface area contributed by atoms with Gasteiger partial charge in [0.15, 0.2) is 0 Å². The van der Waals surface area contributed by atoms with Crippen LogP contribution in [-0.4, -0.2) is 14.9 Å². The molecule has 0 bridgehead atoms. The molecule has 1 aliphatic rings. The molecule has 1 aliphatic carbocycles. The number of rotatable bonds is 4. The van der Waals surface area contributed by atoms with E-state index in [2.05, 4.69) is 17.2 Å². The molecule has 1 heterocycles. The molecule has 0 radical (unpaired) electrons. The summed E-state index contributed by atoms with van der Waals surface area (Å²) in [6.07, 6.45) is 3.43. The van der Waals surface area contributed by atoms with Gasteiger partial charge in [-0.15, -0.1) is 0 Å². The molecule has 1 aromatic carbocycles. The van der Waals surface area contributed by atoms with Gasteiger partial charge in [0.2, 0.25) is 0 Å². The predicted octanol–water partition coefficient (Wildman–Crippen LogP) is 4.08. The van der Waals surface area contributed by atoms with Crippen molar-refractivity contribution < 1.29 is 5.11 Å². The highest BCUT2D eigenvalue weighted by molar-refractivity contribution is 6.31. The minimum Gasteiger partial charge on any atom is -0.382 e. The van der Waals surface area contributed by atoms with Crippen LogP contribution >= 0.6 is 11.6 Å². The first-order valence-electron chi connectivity index (χ1n) is 7.08. The quantitative estimate of drug-likeness (QED) is 0.921. The molecule has 0 spiro atoms. The van der Waals surface area contributed by atoms with Crippen LogP contribution in [0.2, 0.25) is 5.02 Å². The lowest BCUT2D eigenvalue weighted by atomic mass is 10.0. The van der Waals surface area contributed by atoms with Crippen LogP contribution in [0.5, 0.6) is 0 Å². The first-order valence-corrected chi connectivity index (χ1v) is 7.46. The van der Waals surface area contributed by atoms with Gasteiger partial charge in [-0.3, -0.25) is 4.68 Å². The van der Waals surface area contributed by atoms with Gasteiger partial charge in [-0.05, 0) is 43.7 Å². The van der Waals surface area contributed by atoms with Gasteiger partial charge in [-0.1, -0.05) is 35.9 Å². The monoisotopic (exact) mass is 290 g/mol. The molecule has 1 unspecified atom stereocenters. The van der Waals surface area contributed by atoms with Crippen molar-refractivity contribution in [3.63, 3.8) is 0 Å². The van der Waals surface area contributed by atoms with Crippen molar-refractivity contribution in [2.75, 3.05) is 0 Å². The van der Waals surface area contributed by atoms with E-state index in [4.69, 9.17) is 11.6 Å². The second-order valence-corrected chi connectivity index (χ2v) is 6.17. The molecule has 0 amide bonds. The smallest absolute Gasteiger partial charge is 0.122 e. The SMILES string of the molecule is CC(C)n1ncc(Cl)c1C(O)c1ccc(C2CC2)cc1. The van der Waals surface area contributed by atoms with E-state index in [1.165, 1.54) is 18.4 Å². The molecule has 1 saturated carbocycles. The summed E-state index contributed by atoms with van der Waals surface area (Å²) in [7, 11) is 0. The third-order valence-electron chi connectivity index (χ3n) is 3.84. The van der Waals surface area contributed by atoms with Gasteiger partial charge >= 0.3 is 0 Å². The minimum absolute atomic E-state index is 0.165. The summed E-state index contributed by atoms with van der Waals surface area (Å²) in [5.41, 5.74) is 2.89. The molecule has 20 heavy (non-hydrogen) atoms. The van der Waals surface area contributed by atoms with Gasteiger partial charge in [0.1, 0.15) is 6.10 Å². The van der Waals surface area contributed by atoms with Gasteiger partial charge < -0.3 is 5.11 Å². The van der Waals surface area contributed by atoms with E-state index in [0.29, 0.717) is 10.7 Å². The Kier molecular flexibility index (Phi) is 3.57. The van der Waals surface area contributed by atoms with Gasteiger partial charge in [0.25, 0.3) is 0 Å². The molecule has 3 nitrogen and oxygen atoms in total. The summed E-state index contributed by atoms with van der Waals surface area (Å²) in [6, 6.07) is 8.37. The Morgan fingerprint density at radius 2 is 1.90 bits per heavy atom. The van der Waals surface area contributed by atoms with Crippen LogP contribution in [0.15, 0.2) is 30.5 Å². The highest BCUT2D eigenvalue weighted by Crippen LogP contribution is 2.40. The van der Waals surface area contributed by atoms with Gasteiger partial charge in [-0.2, -0.15) is 5.10 Å². The normalized spacial score (nSPS) is 16.6. The largest absolute Gasteiger partial charge is 0.382 e. The van der Waals surface area contributed by atoms with Crippen molar-refractivity contribution in [3.05, 3.63) is 52.3 Å². The summed E-state index contributed by atoms with van der Waals surface area (Å²) in [5.74, 6) is 0.728. The maximum Gasteiger partial charge on any atom is 0.122 e. The fraction of sp³-hybridized carbons (Fsp3) is 0.438. The van der Waals surface area contributed by atoms with Crippen molar-refractivity contribution in [2.24, 2.45) is 0 Å². The number of nitrogens with zero attached hydrogens (tertiary/aromatic N) is 2. The van der Waals surface area contributed by atoms with Crippen molar-refractivity contribution in [1.82, 2.24) is 9.78 Å². The Morgan fingerprint density at radius 3 is 2.45 bits per heavy atom. The summed E-state index contributed by atoms with van der Waals surface area (Å²) in [6.45, 7) is 4.05. The van der Waals surface area contributed by atoms with Crippen molar-refractivity contribution >= 4 is 11.6 Å². The zero-order valence-electron chi connectivity index (χ0n) is 11.8. The number of hydrogen-bond donors (Lipinski definition) is 1. The second kappa shape index (κ2) is 5.23. The molecule has 2 aromatic rings. The van der Waals surface area contributed by atoms with E-state index in [1.54, 1.807) is 10.9 Å². The van der Waals surface area contributed by atoms with Crippen molar-refractivity contribution in [3.8, 4) is 0 Å². The predicted molar refractivity (Wildman–Crippen MR) is 80.1 cm³/mol. The van der Waals surface area contributed by atoms with E-state index < -0.39 is 6.10 Å². The number of hydrogen-bond acceptors (Lipinski definition) is 2. The molecule has 1 fully saturated rings. The molecule has 3 rings (SSSR count). The first kappa shape index (κ1) is 13.7. The lowest BCUT2D eigenvalue weighted by molar-refractivity contribution is 0.205. The zero-order chi connectivity index (χ0) is 14.3. The Balaban J connectivity index is 1.91. The molecule has 1 atom stereocenters. The number of aliphatic hydroxyl groups is 1. The van der Waals surface area contributed by atoms with Crippen molar-refractivity contribution in [2.45, 2.75) is 44.8 Å². The maximum atomic E-state index is 10.6. The molecular formula is C16H19ClN2O. The Hall–Kier alpha value is -1.32. The van der Waals surface area contributed by atoms with Crippen molar-refractivity contribution in [1.29, 1.82) is 0 Å². The van der Waals surface area contributed by atoms with E-state index in [9.17, 15) is 5.11 Å². The summed E-state index contributed by atoms with van der Waals surface area (Å²) in [5, 5.41) is 15.3. The van der Waals surface area contributed by atoms with Crippen LogP contribution in [0.3, 0.4) is 0 Å². The average Bonchev–Trinajstić information content (AvgIpc) is 3.21. The summed E-state index contributed by atoms with van der Waals surface area (Å²) in [4.78, 5) is 0. The zero-order valence-corrected chi connectivity index (χ0v) is 12.5.